The minimum atomic E-state index is -0.135. The zero-order valence-electron chi connectivity index (χ0n) is 20.4. The van der Waals surface area contributed by atoms with Gasteiger partial charge in [-0.05, 0) is 38.0 Å². The van der Waals surface area contributed by atoms with Crippen LogP contribution in [0.3, 0.4) is 0 Å². The first-order chi connectivity index (χ1) is 17.3. The molecule has 4 N–H and O–H groups in total. The predicted molar refractivity (Wildman–Crippen MR) is 149 cm³/mol. The molecule has 0 fully saturated rings. The molecule has 0 aliphatic rings. The number of benzene rings is 1. The van der Waals surface area contributed by atoms with E-state index in [9.17, 15) is 9.59 Å². The molecule has 3 aromatic rings. The number of ketones is 1. The van der Waals surface area contributed by atoms with Crippen molar-refractivity contribution in [2.45, 2.75) is 33.6 Å². The van der Waals surface area contributed by atoms with Crippen molar-refractivity contribution in [3.05, 3.63) is 57.3 Å². The van der Waals surface area contributed by atoms with Crippen LogP contribution in [0.1, 0.15) is 40.0 Å². The Labute approximate surface area is 228 Å². The van der Waals surface area contributed by atoms with E-state index >= 15 is 0 Å². The maximum Gasteiger partial charge on any atom is 0.306 e. The lowest BCUT2D eigenvalue weighted by molar-refractivity contribution is -0.142. The number of esters is 1. The fraction of sp³-hybridized carbons (Fsp3) is 0.375. The maximum atomic E-state index is 12.6. The number of hydrogen-bond acceptors (Lipinski definition) is 10. The van der Waals surface area contributed by atoms with Gasteiger partial charge in [-0.2, -0.15) is 0 Å². The van der Waals surface area contributed by atoms with Gasteiger partial charge in [0.1, 0.15) is 17.5 Å². The lowest BCUT2D eigenvalue weighted by Crippen LogP contribution is -2.14. The molecule has 36 heavy (non-hydrogen) atoms. The van der Waals surface area contributed by atoms with Gasteiger partial charge in [0.15, 0.2) is 10.9 Å². The van der Waals surface area contributed by atoms with Crippen molar-refractivity contribution >= 4 is 67.4 Å². The Hall–Kier alpha value is -2.60. The number of thiazole rings is 1. The molecule has 1 aromatic carbocycles. The van der Waals surface area contributed by atoms with Crippen molar-refractivity contribution in [2.75, 3.05) is 35.7 Å². The van der Waals surface area contributed by atoms with Crippen LogP contribution in [0, 0.1) is 13.8 Å². The summed E-state index contributed by atoms with van der Waals surface area (Å²) in [4.78, 5) is 36.6. The molecule has 0 saturated heterocycles. The van der Waals surface area contributed by atoms with Gasteiger partial charge in [0.05, 0.1) is 24.1 Å². The molecule has 0 aliphatic heterocycles. The van der Waals surface area contributed by atoms with Crippen LogP contribution in [-0.2, 0) is 16.0 Å². The second-order valence-corrected chi connectivity index (χ2v) is 9.67. The molecular weight excluding hydrogens is 568 g/mol. The smallest absolute Gasteiger partial charge is 0.306 e. The molecule has 12 heteroatoms. The van der Waals surface area contributed by atoms with E-state index in [2.05, 4.69) is 46.3 Å². The highest BCUT2D eigenvalue weighted by Gasteiger charge is 2.15. The lowest BCUT2D eigenvalue weighted by Gasteiger charge is -2.08. The molecule has 0 spiro atoms. The summed E-state index contributed by atoms with van der Waals surface area (Å²) in [5.41, 5.74) is 7.36. The first-order valence-electron chi connectivity index (χ1n) is 11.3. The van der Waals surface area contributed by atoms with Crippen LogP contribution < -0.4 is 16.4 Å². The van der Waals surface area contributed by atoms with Crippen molar-refractivity contribution in [1.29, 1.82) is 0 Å². The van der Waals surface area contributed by atoms with Gasteiger partial charge in [-0.25, -0.2) is 15.0 Å². The lowest BCUT2D eigenvalue weighted by atomic mass is 10.0. The fourth-order valence-electron chi connectivity index (χ4n) is 2.94. The van der Waals surface area contributed by atoms with Gasteiger partial charge in [-0.3, -0.25) is 9.59 Å². The number of hydrogen-bond donors (Lipinski definition) is 3. The summed E-state index contributed by atoms with van der Waals surface area (Å²) >= 11 is 10.6. The number of carbonyl (C=O) groups excluding carboxylic acids is 2. The van der Waals surface area contributed by atoms with Crippen LogP contribution >= 0.6 is 38.9 Å². The number of anilines is 3. The normalized spacial score (nSPS) is 10.3. The second kappa shape index (κ2) is 15.5. The Morgan fingerprint density at radius 3 is 2.64 bits per heavy atom. The molecule has 0 saturated carbocycles. The average molecular weight is 598 g/mol. The van der Waals surface area contributed by atoms with Crippen molar-refractivity contribution < 1.29 is 14.3 Å². The minimum absolute atomic E-state index is 0.0223. The SMILES string of the molecule is CCOC(=O)CCBr.Cc1nc(NCCN)cc(Nc2ncc(C(=O)Cc3c(C)cccc3Cl)s2)n1. The summed E-state index contributed by atoms with van der Waals surface area (Å²) in [5.74, 6) is 1.74. The van der Waals surface area contributed by atoms with E-state index in [0.717, 1.165) is 11.1 Å². The Bertz CT molecular complexity index is 1130. The van der Waals surface area contributed by atoms with E-state index in [-0.39, 0.29) is 18.2 Å². The van der Waals surface area contributed by atoms with Crippen LogP contribution in [0.5, 0.6) is 0 Å². The zero-order chi connectivity index (χ0) is 26.5. The van der Waals surface area contributed by atoms with E-state index in [1.807, 2.05) is 26.0 Å². The first-order valence-corrected chi connectivity index (χ1v) is 13.6. The highest BCUT2D eigenvalue weighted by Crippen LogP contribution is 2.26. The molecule has 0 radical (unpaired) electrons. The number of Topliss-reactive ketones (excluding diaryl/α,β-unsaturated/α-hetero) is 1. The third-order valence-corrected chi connectivity index (χ3v) is 6.30. The Morgan fingerprint density at radius 2 is 1.97 bits per heavy atom. The summed E-state index contributed by atoms with van der Waals surface area (Å²) in [7, 11) is 0. The van der Waals surface area contributed by atoms with Gasteiger partial charge in [-0.1, -0.05) is 51.0 Å². The van der Waals surface area contributed by atoms with Crippen LogP contribution in [-0.4, -0.2) is 51.7 Å². The van der Waals surface area contributed by atoms with Crippen LogP contribution in [0.4, 0.5) is 16.8 Å². The van der Waals surface area contributed by atoms with E-state index < -0.39 is 0 Å². The molecule has 0 aliphatic carbocycles. The van der Waals surface area contributed by atoms with Gasteiger partial charge in [-0.15, -0.1) is 0 Å². The highest BCUT2D eigenvalue weighted by atomic mass is 79.9. The number of nitrogens with zero attached hydrogens (tertiary/aromatic N) is 3. The van der Waals surface area contributed by atoms with Gasteiger partial charge >= 0.3 is 5.97 Å². The van der Waals surface area contributed by atoms with Gasteiger partial charge in [0, 0.05) is 35.9 Å². The van der Waals surface area contributed by atoms with Crippen molar-refractivity contribution in [3.63, 3.8) is 0 Å². The molecule has 2 aromatic heterocycles. The summed E-state index contributed by atoms with van der Waals surface area (Å²) in [6, 6.07) is 7.39. The third-order valence-electron chi connectivity index (χ3n) is 4.60. The standard InChI is InChI=1S/C19H21ClN6OS.C5H9BrO2/c1-11-4-3-5-14(20)13(11)8-15(27)16-10-23-19(28-16)26-18-9-17(22-7-6-21)24-12(2)25-18;1-2-8-5(7)3-4-6/h3-5,9-10H,6-8,21H2,1-2H3,(H2,22,23,24,25,26);2-4H2,1H3. The molecule has 0 unspecified atom stereocenters. The highest BCUT2D eigenvalue weighted by molar-refractivity contribution is 9.09. The quantitative estimate of drug-likeness (QED) is 0.157. The Kier molecular flexibility index (Phi) is 12.8. The molecule has 0 bridgehead atoms. The van der Waals surface area contributed by atoms with E-state index in [1.54, 1.807) is 25.3 Å². The molecule has 9 nitrogen and oxygen atoms in total. The van der Waals surface area contributed by atoms with Crippen molar-refractivity contribution in [3.8, 4) is 0 Å². The van der Waals surface area contributed by atoms with Crippen LogP contribution in [0.25, 0.3) is 0 Å². The summed E-state index contributed by atoms with van der Waals surface area (Å²) in [6.45, 7) is 7.16. The number of aromatic nitrogens is 3. The number of aryl methyl sites for hydroxylation is 2. The number of rotatable bonds is 11. The predicted octanol–water partition coefficient (Wildman–Crippen LogP) is 5.08. The Balaban J connectivity index is 0.000000493. The maximum absolute atomic E-state index is 12.6. The van der Waals surface area contributed by atoms with Gasteiger partial charge in [0.25, 0.3) is 0 Å². The zero-order valence-corrected chi connectivity index (χ0v) is 23.6. The topological polar surface area (TPSA) is 132 Å². The number of carbonyl (C=O) groups is 2. The number of nitrogens with one attached hydrogen (secondary N) is 2. The van der Waals surface area contributed by atoms with Crippen molar-refractivity contribution in [1.82, 2.24) is 15.0 Å². The number of halogens is 2. The summed E-state index contributed by atoms with van der Waals surface area (Å²) in [5, 5.41) is 8.13. The fourth-order valence-corrected chi connectivity index (χ4v) is 4.31. The van der Waals surface area contributed by atoms with Gasteiger partial charge in [0.2, 0.25) is 0 Å². The number of alkyl halides is 1. The number of nitrogens with two attached hydrogens (primary N) is 1. The molecule has 0 amide bonds. The second-order valence-electron chi connectivity index (χ2n) is 7.43. The van der Waals surface area contributed by atoms with E-state index in [4.69, 9.17) is 17.3 Å². The average Bonchev–Trinajstić information content (AvgIpc) is 3.29. The monoisotopic (exact) mass is 596 g/mol. The molecule has 3 rings (SSSR count). The van der Waals surface area contributed by atoms with Crippen LogP contribution in [0.15, 0.2) is 30.5 Å². The number of ether oxygens (including phenoxy) is 1. The summed E-state index contributed by atoms with van der Waals surface area (Å²) < 4.78 is 4.61. The third kappa shape index (κ3) is 9.81. The Morgan fingerprint density at radius 1 is 1.22 bits per heavy atom. The van der Waals surface area contributed by atoms with Gasteiger partial charge < -0.3 is 21.1 Å². The molecule has 0 atom stereocenters. The van der Waals surface area contributed by atoms with Crippen LogP contribution in [0.2, 0.25) is 5.02 Å². The summed E-state index contributed by atoms with van der Waals surface area (Å²) in [6.07, 6.45) is 2.28. The molecule has 2 heterocycles. The molecular formula is C24H30BrClN6O3S. The van der Waals surface area contributed by atoms with E-state index in [0.29, 0.717) is 63.9 Å². The van der Waals surface area contributed by atoms with E-state index in [1.165, 1.54) is 11.3 Å². The first kappa shape index (κ1) is 29.6. The molecule has 194 valence electrons. The minimum Gasteiger partial charge on any atom is -0.466 e. The largest absolute Gasteiger partial charge is 0.466 e. The van der Waals surface area contributed by atoms with Crippen molar-refractivity contribution in [2.24, 2.45) is 5.73 Å².